The highest BCUT2D eigenvalue weighted by atomic mass is 32.2. The van der Waals surface area contributed by atoms with Gasteiger partial charge in [0.25, 0.3) is 10.1 Å². The number of hydrogen-bond donors (Lipinski definition) is 0. The van der Waals surface area contributed by atoms with Crippen molar-refractivity contribution in [3.05, 3.63) is 90.1 Å². The number of ether oxygens (including phenoxy) is 2. The topological polar surface area (TPSA) is 66.8 Å². The number of para-hydroxylation sites is 1. The Labute approximate surface area is 194 Å². The van der Waals surface area contributed by atoms with Crippen molar-refractivity contribution < 1.29 is 22.1 Å². The molecule has 0 N–H and O–H groups in total. The third kappa shape index (κ3) is 5.56. The summed E-state index contributed by atoms with van der Waals surface area (Å²) in [5.74, 6) is 1.61. The van der Waals surface area contributed by atoms with Crippen LogP contribution >= 0.6 is 0 Å². The normalized spacial score (nSPS) is 11.6. The van der Waals surface area contributed by atoms with Crippen molar-refractivity contribution in [3.8, 4) is 11.5 Å². The van der Waals surface area contributed by atoms with Gasteiger partial charge < -0.3 is 14.0 Å². The van der Waals surface area contributed by atoms with E-state index in [1.54, 1.807) is 31.4 Å². The zero-order chi connectivity index (χ0) is 23.3. The number of aryl methyl sites for hydroxylation is 1. The van der Waals surface area contributed by atoms with Gasteiger partial charge in [-0.25, -0.2) is 0 Å². The lowest BCUT2D eigenvalue weighted by molar-refractivity contribution is 0.302. The first-order chi connectivity index (χ1) is 16.0. The first-order valence-electron chi connectivity index (χ1n) is 10.8. The SMILES string of the molecule is COc1ccccc1CCOc1ccc2ccn(CCOS(=O)(=O)c3ccc(C)cc3)c2c1. The quantitative estimate of drug-likeness (QED) is 0.309. The van der Waals surface area contributed by atoms with Gasteiger partial charge in [-0.15, -0.1) is 0 Å². The van der Waals surface area contributed by atoms with E-state index >= 15 is 0 Å². The predicted octanol–water partition coefficient (Wildman–Crippen LogP) is 4.99. The van der Waals surface area contributed by atoms with Crippen molar-refractivity contribution in [1.82, 2.24) is 4.57 Å². The Hall–Kier alpha value is -3.29. The van der Waals surface area contributed by atoms with Gasteiger partial charge >= 0.3 is 0 Å². The second-order valence-electron chi connectivity index (χ2n) is 7.73. The van der Waals surface area contributed by atoms with Crippen molar-refractivity contribution in [2.75, 3.05) is 20.3 Å². The van der Waals surface area contributed by atoms with Gasteiger partial charge in [-0.1, -0.05) is 35.9 Å². The maximum Gasteiger partial charge on any atom is 0.297 e. The van der Waals surface area contributed by atoms with E-state index in [0.29, 0.717) is 13.2 Å². The molecule has 172 valence electrons. The van der Waals surface area contributed by atoms with Crippen LogP contribution in [0, 0.1) is 6.92 Å². The number of hydrogen-bond acceptors (Lipinski definition) is 5. The van der Waals surface area contributed by atoms with Crippen LogP contribution in [0.25, 0.3) is 10.9 Å². The molecule has 0 saturated heterocycles. The van der Waals surface area contributed by atoms with Gasteiger partial charge in [0.1, 0.15) is 11.5 Å². The molecule has 33 heavy (non-hydrogen) atoms. The Morgan fingerprint density at radius 1 is 0.909 bits per heavy atom. The highest BCUT2D eigenvalue weighted by Gasteiger charge is 2.15. The maximum absolute atomic E-state index is 12.4. The lowest BCUT2D eigenvalue weighted by atomic mass is 10.1. The lowest BCUT2D eigenvalue weighted by Gasteiger charge is -2.11. The highest BCUT2D eigenvalue weighted by molar-refractivity contribution is 7.86. The summed E-state index contributed by atoms with van der Waals surface area (Å²) in [7, 11) is -2.12. The largest absolute Gasteiger partial charge is 0.496 e. The number of methoxy groups -OCH3 is 1. The van der Waals surface area contributed by atoms with Crippen LogP contribution in [0.4, 0.5) is 0 Å². The second kappa shape index (κ2) is 10.1. The van der Waals surface area contributed by atoms with Crippen LogP contribution in [0.2, 0.25) is 0 Å². The Kier molecular flexibility index (Phi) is 7.01. The molecule has 0 atom stereocenters. The van der Waals surface area contributed by atoms with Crippen molar-refractivity contribution in [3.63, 3.8) is 0 Å². The van der Waals surface area contributed by atoms with Crippen LogP contribution in [0.3, 0.4) is 0 Å². The first-order valence-corrected chi connectivity index (χ1v) is 12.2. The van der Waals surface area contributed by atoms with Crippen LogP contribution in [0.15, 0.2) is 83.9 Å². The average Bonchev–Trinajstić information content (AvgIpc) is 3.22. The summed E-state index contributed by atoms with van der Waals surface area (Å²) in [5, 5.41) is 1.05. The molecule has 0 spiro atoms. The molecule has 4 aromatic rings. The Balaban J connectivity index is 1.38. The van der Waals surface area contributed by atoms with E-state index in [4.69, 9.17) is 13.7 Å². The fourth-order valence-electron chi connectivity index (χ4n) is 3.66. The minimum Gasteiger partial charge on any atom is -0.496 e. The predicted molar refractivity (Wildman–Crippen MR) is 128 cm³/mol. The number of rotatable bonds is 10. The fourth-order valence-corrected chi connectivity index (χ4v) is 4.55. The summed E-state index contributed by atoms with van der Waals surface area (Å²) >= 11 is 0. The Morgan fingerprint density at radius 3 is 2.48 bits per heavy atom. The van der Waals surface area contributed by atoms with E-state index in [2.05, 4.69) is 0 Å². The number of aromatic nitrogens is 1. The van der Waals surface area contributed by atoms with E-state index in [1.165, 1.54) is 0 Å². The molecule has 0 bridgehead atoms. The molecule has 0 unspecified atom stereocenters. The summed E-state index contributed by atoms with van der Waals surface area (Å²) in [4.78, 5) is 0.163. The zero-order valence-corrected chi connectivity index (χ0v) is 19.5. The van der Waals surface area contributed by atoms with Crippen LogP contribution in [-0.4, -0.2) is 33.3 Å². The van der Waals surface area contributed by atoms with Crippen molar-refractivity contribution >= 4 is 21.0 Å². The third-order valence-corrected chi connectivity index (χ3v) is 6.78. The van der Waals surface area contributed by atoms with Gasteiger partial charge in [0.2, 0.25) is 0 Å². The van der Waals surface area contributed by atoms with Gasteiger partial charge in [-0.2, -0.15) is 8.42 Å². The van der Waals surface area contributed by atoms with Gasteiger partial charge in [0.05, 0.1) is 30.7 Å². The minimum absolute atomic E-state index is 0.0406. The van der Waals surface area contributed by atoms with Crippen molar-refractivity contribution in [2.45, 2.75) is 24.8 Å². The molecule has 3 aromatic carbocycles. The molecule has 0 saturated carbocycles. The fraction of sp³-hybridized carbons (Fsp3) is 0.231. The first kappa shape index (κ1) is 22.9. The minimum atomic E-state index is -3.78. The molecule has 4 rings (SSSR count). The summed E-state index contributed by atoms with van der Waals surface area (Å²) in [5.41, 5.74) is 3.05. The van der Waals surface area contributed by atoms with E-state index < -0.39 is 10.1 Å². The van der Waals surface area contributed by atoms with Crippen LogP contribution in [0.1, 0.15) is 11.1 Å². The zero-order valence-electron chi connectivity index (χ0n) is 18.7. The summed E-state index contributed by atoms with van der Waals surface area (Å²) in [6.45, 7) is 2.87. The van der Waals surface area contributed by atoms with E-state index in [1.807, 2.05) is 66.2 Å². The molecule has 7 heteroatoms. The molecule has 0 aliphatic rings. The average molecular weight is 466 g/mol. The molecule has 6 nitrogen and oxygen atoms in total. The maximum atomic E-state index is 12.4. The molecule has 0 fully saturated rings. The van der Waals surface area contributed by atoms with Crippen LogP contribution < -0.4 is 9.47 Å². The van der Waals surface area contributed by atoms with Gasteiger partial charge in [0.15, 0.2) is 0 Å². The molecule has 0 amide bonds. The molecule has 0 aliphatic carbocycles. The van der Waals surface area contributed by atoms with Crippen molar-refractivity contribution in [2.24, 2.45) is 0 Å². The van der Waals surface area contributed by atoms with E-state index in [-0.39, 0.29) is 11.5 Å². The Morgan fingerprint density at radius 2 is 1.70 bits per heavy atom. The van der Waals surface area contributed by atoms with Crippen molar-refractivity contribution in [1.29, 1.82) is 0 Å². The second-order valence-corrected chi connectivity index (χ2v) is 9.34. The van der Waals surface area contributed by atoms with Gasteiger partial charge in [-0.3, -0.25) is 4.18 Å². The number of benzene rings is 3. The molecule has 0 radical (unpaired) electrons. The van der Waals surface area contributed by atoms with E-state index in [9.17, 15) is 8.42 Å². The molecular weight excluding hydrogens is 438 g/mol. The van der Waals surface area contributed by atoms with Gasteiger partial charge in [0, 0.05) is 25.2 Å². The lowest BCUT2D eigenvalue weighted by Crippen LogP contribution is -2.12. The van der Waals surface area contributed by atoms with Crippen LogP contribution in [0.5, 0.6) is 11.5 Å². The van der Waals surface area contributed by atoms with Gasteiger partial charge in [-0.05, 0) is 54.3 Å². The number of fused-ring (bicyclic) bond motifs is 1. The third-order valence-electron chi connectivity index (χ3n) is 5.46. The standard InChI is InChI=1S/C26H27NO5S/c1-20-7-11-24(12-8-20)33(28,29)32-18-16-27-15-13-21-9-10-23(19-25(21)27)31-17-14-22-5-3-4-6-26(22)30-2/h3-13,15,19H,14,16-18H2,1-2H3. The molecule has 0 aliphatic heterocycles. The highest BCUT2D eigenvalue weighted by Crippen LogP contribution is 2.24. The van der Waals surface area contributed by atoms with Crippen LogP contribution in [-0.2, 0) is 27.3 Å². The summed E-state index contributed by atoms with van der Waals surface area (Å²) < 4.78 is 43.4. The van der Waals surface area contributed by atoms with E-state index in [0.717, 1.165) is 39.9 Å². The smallest absolute Gasteiger partial charge is 0.297 e. The molecule has 1 aromatic heterocycles. The summed E-state index contributed by atoms with van der Waals surface area (Å²) in [6, 6.07) is 22.4. The molecule has 1 heterocycles. The Bertz CT molecular complexity index is 1330. The summed E-state index contributed by atoms with van der Waals surface area (Å²) in [6.07, 6.45) is 2.65. The number of nitrogens with zero attached hydrogens (tertiary/aromatic N) is 1. The monoisotopic (exact) mass is 465 g/mol. The molecular formula is C26H27NO5S.